The average Bonchev–Trinajstić information content (AvgIpc) is 2.77. The van der Waals surface area contributed by atoms with E-state index in [0.717, 1.165) is 24.3 Å². The highest BCUT2D eigenvalue weighted by Crippen LogP contribution is 2.35. The first kappa shape index (κ1) is 12.8. The summed E-state index contributed by atoms with van der Waals surface area (Å²) in [5.74, 6) is 8.16. The van der Waals surface area contributed by atoms with Gasteiger partial charge in [-0.3, -0.25) is 0 Å². The molecule has 3 heteroatoms. The number of hydrogen-bond donors (Lipinski definition) is 0. The monoisotopic (exact) mass is 245 g/mol. The van der Waals surface area contributed by atoms with Crippen molar-refractivity contribution in [2.45, 2.75) is 39.7 Å². The molecule has 2 rings (SSSR count). The van der Waals surface area contributed by atoms with Crippen molar-refractivity contribution in [2.75, 3.05) is 0 Å². The zero-order chi connectivity index (χ0) is 13.0. The van der Waals surface area contributed by atoms with Crippen LogP contribution in [0.2, 0.25) is 0 Å². The molecule has 1 aliphatic rings. The fourth-order valence-corrected chi connectivity index (χ4v) is 1.97. The molecular weight excluding hydrogens is 226 g/mol. The van der Waals surface area contributed by atoms with Gasteiger partial charge in [0.05, 0.1) is 6.04 Å². The topological polar surface area (TPSA) is 21.7 Å². The molecule has 18 heavy (non-hydrogen) atoms. The summed E-state index contributed by atoms with van der Waals surface area (Å²) in [4.78, 5) is 11.4. The molecular formula is C15H19NO2. The van der Waals surface area contributed by atoms with Crippen LogP contribution in [0.15, 0.2) is 24.3 Å². The number of nitrogens with zero attached hydrogens (tertiary/aromatic N) is 1. The molecule has 0 spiro atoms. The second-order valence-electron chi connectivity index (χ2n) is 4.83. The van der Waals surface area contributed by atoms with Crippen LogP contribution in [0, 0.1) is 17.8 Å². The molecule has 96 valence electrons. The largest absolute Gasteiger partial charge is 0.367 e. The van der Waals surface area contributed by atoms with Crippen LogP contribution in [0.3, 0.4) is 0 Å². The Morgan fingerprint density at radius 3 is 2.28 bits per heavy atom. The van der Waals surface area contributed by atoms with Crippen molar-refractivity contribution in [1.82, 2.24) is 5.23 Å². The lowest BCUT2D eigenvalue weighted by atomic mass is 10.0. The van der Waals surface area contributed by atoms with Crippen molar-refractivity contribution in [1.29, 1.82) is 0 Å². The molecule has 0 aromatic heterocycles. The van der Waals surface area contributed by atoms with E-state index in [1.807, 2.05) is 31.2 Å². The van der Waals surface area contributed by atoms with Gasteiger partial charge in [0.25, 0.3) is 0 Å². The van der Waals surface area contributed by atoms with E-state index in [0.29, 0.717) is 5.92 Å². The maximum atomic E-state index is 5.71. The van der Waals surface area contributed by atoms with E-state index < -0.39 is 0 Å². The predicted octanol–water partition coefficient (Wildman–Crippen LogP) is 3.42. The normalized spacial score (nSPS) is 15.3. The Morgan fingerprint density at radius 1 is 1.17 bits per heavy atom. The molecule has 0 amide bonds. The fraction of sp³-hybridized carbons (Fsp3) is 0.467. The molecule has 3 nitrogen and oxygen atoms in total. The summed E-state index contributed by atoms with van der Waals surface area (Å²) in [6, 6.07) is 7.86. The molecule has 1 unspecified atom stereocenters. The van der Waals surface area contributed by atoms with Gasteiger partial charge in [-0.15, -0.1) is 11.8 Å². The van der Waals surface area contributed by atoms with Crippen molar-refractivity contribution in [3.05, 3.63) is 24.3 Å². The lowest BCUT2D eigenvalue weighted by Gasteiger charge is -2.23. The standard InChI is InChI=1S/C15H19NO2/c1-4-5-8-13(11-12(2)3)16-17-14-9-6-7-10-15(14)18-16/h6-7,9-10,12-13H,8,11H2,1-3H3. The van der Waals surface area contributed by atoms with E-state index in [2.05, 4.69) is 25.7 Å². The number of para-hydroxylation sites is 2. The van der Waals surface area contributed by atoms with E-state index >= 15 is 0 Å². The van der Waals surface area contributed by atoms with Gasteiger partial charge in [-0.25, -0.2) is 0 Å². The molecule has 1 aromatic rings. The van der Waals surface area contributed by atoms with Gasteiger partial charge < -0.3 is 9.68 Å². The molecule has 1 heterocycles. The maximum absolute atomic E-state index is 5.71. The van der Waals surface area contributed by atoms with Crippen LogP contribution < -0.4 is 9.68 Å². The summed E-state index contributed by atoms with van der Waals surface area (Å²) in [7, 11) is 0. The Balaban J connectivity index is 2.06. The molecule has 1 aromatic carbocycles. The SMILES string of the molecule is CC#CCC(CC(C)C)N1Oc2ccccc2O1. The lowest BCUT2D eigenvalue weighted by Crippen LogP contribution is -2.38. The van der Waals surface area contributed by atoms with E-state index in [1.165, 1.54) is 0 Å². The van der Waals surface area contributed by atoms with Crippen molar-refractivity contribution < 1.29 is 9.68 Å². The van der Waals surface area contributed by atoms with Gasteiger partial charge in [0.1, 0.15) is 0 Å². The highest BCUT2D eigenvalue weighted by molar-refractivity contribution is 5.40. The van der Waals surface area contributed by atoms with E-state index in [9.17, 15) is 0 Å². The van der Waals surface area contributed by atoms with Crippen LogP contribution in [0.4, 0.5) is 0 Å². The predicted molar refractivity (Wildman–Crippen MR) is 70.8 cm³/mol. The third kappa shape index (κ3) is 2.96. The van der Waals surface area contributed by atoms with Crippen LogP contribution >= 0.6 is 0 Å². The van der Waals surface area contributed by atoms with Crippen LogP contribution in [0.1, 0.15) is 33.6 Å². The molecule has 0 bridgehead atoms. The van der Waals surface area contributed by atoms with Gasteiger partial charge in [0, 0.05) is 11.6 Å². The third-order valence-corrected chi connectivity index (χ3v) is 2.78. The van der Waals surface area contributed by atoms with E-state index in [-0.39, 0.29) is 6.04 Å². The lowest BCUT2D eigenvalue weighted by molar-refractivity contribution is -0.256. The van der Waals surface area contributed by atoms with Gasteiger partial charge >= 0.3 is 0 Å². The van der Waals surface area contributed by atoms with Crippen molar-refractivity contribution in [3.8, 4) is 23.3 Å². The molecule has 0 fully saturated rings. The average molecular weight is 245 g/mol. The number of fused-ring (bicyclic) bond motifs is 1. The molecule has 0 radical (unpaired) electrons. The van der Waals surface area contributed by atoms with Crippen LogP contribution in [-0.2, 0) is 0 Å². The smallest absolute Gasteiger partial charge is 0.196 e. The van der Waals surface area contributed by atoms with Gasteiger partial charge in [0.15, 0.2) is 11.5 Å². The Kier molecular flexibility index (Phi) is 4.11. The van der Waals surface area contributed by atoms with E-state index in [1.54, 1.807) is 5.23 Å². The summed E-state index contributed by atoms with van der Waals surface area (Å²) < 4.78 is 0. The summed E-state index contributed by atoms with van der Waals surface area (Å²) in [6.07, 6.45) is 1.74. The minimum atomic E-state index is 0.157. The summed E-state index contributed by atoms with van der Waals surface area (Å²) in [6.45, 7) is 6.23. The number of rotatable bonds is 4. The Morgan fingerprint density at radius 2 is 1.78 bits per heavy atom. The van der Waals surface area contributed by atoms with Crippen LogP contribution in [0.5, 0.6) is 11.5 Å². The van der Waals surface area contributed by atoms with Crippen molar-refractivity contribution in [3.63, 3.8) is 0 Å². The fourth-order valence-electron chi connectivity index (χ4n) is 1.97. The van der Waals surface area contributed by atoms with Crippen molar-refractivity contribution in [2.24, 2.45) is 5.92 Å². The second kappa shape index (κ2) is 5.79. The number of hydroxylamine groups is 2. The van der Waals surface area contributed by atoms with Gasteiger partial charge in [0.2, 0.25) is 0 Å². The number of benzene rings is 1. The first-order chi connectivity index (χ1) is 8.70. The molecule has 0 saturated heterocycles. The third-order valence-electron chi connectivity index (χ3n) is 2.78. The summed E-state index contributed by atoms with van der Waals surface area (Å²) >= 11 is 0. The van der Waals surface area contributed by atoms with E-state index in [4.69, 9.17) is 9.68 Å². The second-order valence-corrected chi connectivity index (χ2v) is 4.83. The Bertz CT molecular complexity index is 434. The van der Waals surface area contributed by atoms with Gasteiger partial charge in [-0.1, -0.05) is 26.0 Å². The van der Waals surface area contributed by atoms with Gasteiger partial charge in [-0.2, -0.15) is 0 Å². The van der Waals surface area contributed by atoms with Crippen LogP contribution in [-0.4, -0.2) is 11.3 Å². The molecule has 0 aliphatic carbocycles. The molecule has 1 atom stereocenters. The highest BCUT2D eigenvalue weighted by Gasteiger charge is 2.30. The number of hydrogen-bond acceptors (Lipinski definition) is 3. The maximum Gasteiger partial charge on any atom is 0.196 e. The molecule has 0 saturated carbocycles. The highest BCUT2D eigenvalue weighted by atomic mass is 17.0. The molecule has 1 aliphatic heterocycles. The van der Waals surface area contributed by atoms with Crippen molar-refractivity contribution >= 4 is 0 Å². The summed E-state index contributed by atoms with van der Waals surface area (Å²) in [5.41, 5.74) is 0. The van der Waals surface area contributed by atoms with Crippen LogP contribution in [0.25, 0.3) is 0 Å². The van der Waals surface area contributed by atoms with Gasteiger partial charge in [-0.05, 0) is 31.4 Å². The Labute approximate surface area is 109 Å². The first-order valence-corrected chi connectivity index (χ1v) is 6.34. The minimum Gasteiger partial charge on any atom is -0.367 e. The minimum absolute atomic E-state index is 0.157. The quantitative estimate of drug-likeness (QED) is 0.759. The Hall–Kier alpha value is -1.66. The summed E-state index contributed by atoms with van der Waals surface area (Å²) in [5, 5.41) is 1.59. The molecule has 0 N–H and O–H groups in total. The first-order valence-electron chi connectivity index (χ1n) is 6.34. The zero-order valence-corrected chi connectivity index (χ0v) is 11.1. The zero-order valence-electron chi connectivity index (χ0n) is 11.1.